The van der Waals surface area contributed by atoms with E-state index in [1.807, 2.05) is 36.5 Å². The second-order valence-electron chi connectivity index (χ2n) is 4.59. The number of hydrogen-bond donors (Lipinski definition) is 2. The first-order valence-corrected chi connectivity index (χ1v) is 6.32. The molecule has 3 aromatic heterocycles. The highest BCUT2D eigenvalue weighted by Crippen LogP contribution is 2.21. The standard InChI is InChI=1S/C14H12N6/c15-6-10-7-20-14(18-10)4-3-11(19-20)9-1-2-12-13(5-9)17-8-16-12/h1-5,7-8H,6,15H2,(H,16,17). The predicted molar refractivity (Wildman–Crippen MR) is 76.0 cm³/mol. The van der Waals surface area contributed by atoms with E-state index in [1.165, 1.54) is 0 Å². The molecule has 6 heteroatoms. The summed E-state index contributed by atoms with van der Waals surface area (Å²) in [5.41, 5.74) is 11.1. The zero-order valence-corrected chi connectivity index (χ0v) is 10.6. The normalized spacial score (nSPS) is 11.4. The lowest BCUT2D eigenvalue weighted by atomic mass is 10.1. The summed E-state index contributed by atoms with van der Waals surface area (Å²) in [5.74, 6) is 0. The van der Waals surface area contributed by atoms with Crippen LogP contribution in [0.4, 0.5) is 0 Å². The van der Waals surface area contributed by atoms with E-state index in [4.69, 9.17) is 5.73 Å². The minimum atomic E-state index is 0.415. The molecular weight excluding hydrogens is 252 g/mol. The molecule has 0 radical (unpaired) electrons. The zero-order valence-electron chi connectivity index (χ0n) is 10.6. The van der Waals surface area contributed by atoms with Crippen molar-refractivity contribution in [2.24, 2.45) is 5.73 Å². The summed E-state index contributed by atoms with van der Waals surface area (Å²) in [7, 11) is 0. The summed E-state index contributed by atoms with van der Waals surface area (Å²) < 4.78 is 1.76. The Kier molecular flexibility index (Phi) is 2.30. The van der Waals surface area contributed by atoms with Gasteiger partial charge in [0.2, 0.25) is 0 Å². The van der Waals surface area contributed by atoms with Crippen LogP contribution in [-0.2, 0) is 6.54 Å². The molecule has 0 fully saturated rings. The van der Waals surface area contributed by atoms with Crippen molar-refractivity contribution in [3.63, 3.8) is 0 Å². The van der Waals surface area contributed by atoms with Crippen molar-refractivity contribution >= 4 is 16.7 Å². The third-order valence-electron chi connectivity index (χ3n) is 3.30. The van der Waals surface area contributed by atoms with Crippen molar-refractivity contribution in [2.75, 3.05) is 0 Å². The topological polar surface area (TPSA) is 84.9 Å². The molecule has 0 saturated carbocycles. The Morgan fingerprint density at radius 1 is 1.20 bits per heavy atom. The van der Waals surface area contributed by atoms with Crippen LogP contribution in [-0.4, -0.2) is 24.6 Å². The van der Waals surface area contributed by atoms with Gasteiger partial charge in [-0.2, -0.15) is 5.10 Å². The molecular formula is C14H12N6. The molecule has 0 spiro atoms. The maximum Gasteiger partial charge on any atom is 0.153 e. The number of nitrogens with zero attached hydrogens (tertiary/aromatic N) is 4. The largest absolute Gasteiger partial charge is 0.345 e. The Labute approximate surface area is 114 Å². The van der Waals surface area contributed by atoms with E-state index in [-0.39, 0.29) is 0 Å². The van der Waals surface area contributed by atoms with E-state index in [0.29, 0.717) is 6.54 Å². The number of aromatic amines is 1. The van der Waals surface area contributed by atoms with Gasteiger partial charge in [0.1, 0.15) is 0 Å². The van der Waals surface area contributed by atoms with Gasteiger partial charge in [-0.15, -0.1) is 0 Å². The van der Waals surface area contributed by atoms with Gasteiger partial charge in [-0.3, -0.25) is 0 Å². The third-order valence-corrected chi connectivity index (χ3v) is 3.30. The van der Waals surface area contributed by atoms with Crippen molar-refractivity contribution in [3.8, 4) is 11.3 Å². The maximum absolute atomic E-state index is 5.60. The number of imidazole rings is 2. The molecule has 1 aromatic carbocycles. The van der Waals surface area contributed by atoms with Crippen LogP contribution < -0.4 is 5.73 Å². The fourth-order valence-corrected chi connectivity index (χ4v) is 2.28. The average Bonchev–Trinajstić information content (AvgIpc) is 3.11. The predicted octanol–water partition coefficient (Wildman–Crippen LogP) is 1.73. The van der Waals surface area contributed by atoms with Crippen LogP contribution in [0.1, 0.15) is 5.69 Å². The van der Waals surface area contributed by atoms with Crippen molar-refractivity contribution in [2.45, 2.75) is 6.54 Å². The van der Waals surface area contributed by atoms with Gasteiger partial charge in [-0.25, -0.2) is 14.5 Å². The fourth-order valence-electron chi connectivity index (χ4n) is 2.28. The lowest BCUT2D eigenvalue weighted by Gasteiger charge is -2.01. The van der Waals surface area contributed by atoms with Gasteiger partial charge in [0, 0.05) is 12.1 Å². The highest BCUT2D eigenvalue weighted by molar-refractivity contribution is 5.80. The summed E-state index contributed by atoms with van der Waals surface area (Å²) in [6.45, 7) is 0.415. The van der Waals surface area contributed by atoms with E-state index in [2.05, 4.69) is 20.1 Å². The van der Waals surface area contributed by atoms with Gasteiger partial charge < -0.3 is 10.7 Å². The van der Waals surface area contributed by atoms with Crippen molar-refractivity contribution in [1.29, 1.82) is 0 Å². The molecule has 0 saturated heterocycles. The lowest BCUT2D eigenvalue weighted by molar-refractivity contribution is 0.934. The highest BCUT2D eigenvalue weighted by atomic mass is 15.2. The Morgan fingerprint density at radius 2 is 2.15 bits per heavy atom. The molecule has 0 bridgehead atoms. The first kappa shape index (κ1) is 11.1. The Balaban J connectivity index is 1.87. The number of fused-ring (bicyclic) bond motifs is 2. The number of nitrogens with two attached hydrogens (primary N) is 1. The molecule has 0 amide bonds. The first-order chi connectivity index (χ1) is 9.83. The summed E-state index contributed by atoms with van der Waals surface area (Å²) in [5, 5.41) is 4.57. The van der Waals surface area contributed by atoms with Crippen molar-refractivity contribution < 1.29 is 0 Å². The van der Waals surface area contributed by atoms with Gasteiger partial charge in [-0.05, 0) is 24.3 Å². The molecule has 4 rings (SSSR count). The quantitative estimate of drug-likeness (QED) is 0.577. The number of rotatable bonds is 2. The molecule has 0 aliphatic carbocycles. The smallest absolute Gasteiger partial charge is 0.153 e. The lowest BCUT2D eigenvalue weighted by Crippen LogP contribution is -1.95. The van der Waals surface area contributed by atoms with Crippen LogP contribution in [0.2, 0.25) is 0 Å². The molecule has 98 valence electrons. The number of hydrogen-bond acceptors (Lipinski definition) is 4. The van der Waals surface area contributed by atoms with Crippen LogP contribution in [0.15, 0.2) is 42.9 Å². The van der Waals surface area contributed by atoms with E-state index in [1.54, 1.807) is 10.8 Å². The molecule has 4 aromatic rings. The SMILES string of the molecule is NCc1cn2nc(-c3ccc4nc[nH]c4c3)ccc2n1. The fraction of sp³-hybridized carbons (Fsp3) is 0.0714. The summed E-state index contributed by atoms with van der Waals surface area (Å²) in [6.07, 6.45) is 3.54. The van der Waals surface area contributed by atoms with E-state index >= 15 is 0 Å². The third kappa shape index (κ3) is 1.66. The molecule has 6 nitrogen and oxygen atoms in total. The second-order valence-corrected chi connectivity index (χ2v) is 4.59. The minimum Gasteiger partial charge on any atom is -0.345 e. The molecule has 3 heterocycles. The Hall–Kier alpha value is -2.73. The Morgan fingerprint density at radius 3 is 3.05 bits per heavy atom. The van der Waals surface area contributed by atoms with E-state index in [9.17, 15) is 0 Å². The van der Waals surface area contributed by atoms with Crippen molar-refractivity contribution in [1.82, 2.24) is 24.6 Å². The summed E-state index contributed by atoms with van der Waals surface area (Å²) in [4.78, 5) is 11.7. The molecule has 0 atom stereocenters. The minimum absolute atomic E-state index is 0.415. The first-order valence-electron chi connectivity index (χ1n) is 6.32. The molecule has 20 heavy (non-hydrogen) atoms. The second kappa shape index (κ2) is 4.14. The molecule has 0 aliphatic heterocycles. The average molecular weight is 264 g/mol. The van der Waals surface area contributed by atoms with Gasteiger partial charge in [0.25, 0.3) is 0 Å². The molecule has 0 aliphatic rings. The van der Waals surface area contributed by atoms with Crippen molar-refractivity contribution in [3.05, 3.63) is 48.5 Å². The van der Waals surface area contributed by atoms with Crippen LogP contribution in [0.25, 0.3) is 27.9 Å². The molecule has 0 unspecified atom stereocenters. The monoisotopic (exact) mass is 264 g/mol. The van der Waals surface area contributed by atoms with Gasteiger partial charge >= 0.3 is 0 Å². The van der Waals surface area contributed by atoms with Gasteiger partial charge in [0.05, 0.1) is 34.9 Å². The van der Waals surface area contributed by atoms with Crippen LogP contribution in [0, 0.1) is 0 Å². The van der Waals surface area contributed by atoms with E-state index < -0.39 is 0 Å². The van der Waals surface area contributed by atoms with Crippen LogP contribution in [0.5, 0.6) is 0 Å². The number of H-pyrrole nitrogens is 1. The molecule has 3 N–H and O–H groups in total. The van der Waals surface area contributed by atoms with Crippen LogP contribution >= 0.6 is 0 Å². The summed E-state index contributed by atoms with van der Waals surface area (Å²) in [6, 6.07) is 9.93. The zero-order chi connectivity index (χ0) is 13.5. The highest BCUT2D eigenvalue weighted by Gasteiger charge is 2.06. The number of aromatic nitrogens is 5. The van der Waals surface area contributed by atoms with E-state index in [0.717, 1.165) is 33.6 Å². The number of nitrogens with one attached hydrogen (secondary N) is 1. The van der Waals surface area contributed by atoms with Crippen LogP contribution in [0.3, 0.4) is 0 Å². The van der Waals surface area contributed by atoms with Gasteiger partial charge in [-0.1, -0.05) is 6.07 Å². The Bertz CT molecular complexity index is 904. The maximum atomic E-state index is 5.60. The summed E-state index contributed by atoms with van der Waals surface area (Å²) >= 11 is 0. The van der Waals surface area contributed by atoms with Gasteiger partial charge in [0.15, 0.2) is 5.65 Å². The number of benzene rings is 1.